The van der Waals surface area contributed by atoms with Crippen LogP contribution >= 0.6 is 0 Å². The van der Waals surface area contributed by atoms with E-state index in [0.717, 1.165) is 36.2 Å². The molecule has 2 amide bonds. The summed E-state index contributed by atoms with van der Waals surface area (Å²) < 4.78 is 39.0. The molecule has 0 unspecified atom stereocenters. The minimum Gasteiger partial charge on any atom is -0.385 e. The molecule has 1 saturated carbocycles. The van der Waals surface area contributed by atoms with Crippen LogP contribution in [0.2, 0.25) is 0 Å². The number of aliphatic hydroxyl groups is 1. The van der Waals surface area contributed by atoms with E-state index in [1.165, 1.54) is 13.0 Å². The predicted molar refractivity (Wildman–Crippen MR) is 127 cm³/mol. The van der Waals surface area contributed by atoms with Gasteiger partial charge in [0.25, 0.3) is 5.91 Å². The second-order valence-electron chi connectivity index (χ2n) is 9.94. The molecule has 3 N–H and O–H groups in total. The van der Waals surface area contributed by atoms with Crippen LogP contribution < -0.4 is 10.6 Å². The predicted octanol–water partition coefficient (Wildman–Crippen LogP) is 3.08. The maximum Gasteiger partial charge on any atom is 0.416 e. The highest BCUT2D eigenvalue weighted by Gasteiger charge is 2.40. The number of carbonyl (C=O) groups excluding carboxylic acids is 2. The lowest BCUT2D eigenvalue weighted by Crippen LogP contribution is -2.63. The van der Waals surface area contributed by atoms with E-state index in [4.69, 9.17) is 0 Å². The van der Waals surface area contributed by atoms with Crippen molar-refractivity contribution in [2.45, 2.75) is 63.4 Å². The fourth-order valence-corrected chi connectivity index (χ4v) is 5.00. The normalized spacial score (nSPS) is 23.1. The molecule has 2 aliphatic rings. The van der Waals surface area contributed by atoms with Crippen LogP contribution in [0.3, 0.4) is 0 Å². The summed E-state index contributed by atoms with van der Waals surface area (Å²) in [6, 6.07) is 7.24. The summed E-state index contributed by atoms with van der Waals surface area (Å²) in [6.45, 7) is 4.44. The first-order chi connectivity index (χ1) is 16.9. The van der Waals surface area contributed by atoms with Gasteiger partial charge in [0.2, 0.25) is 5.91 Å². The molecular weight excluding hydrogens is 473 g/mol. The standard InChI is InChI=1S/C26H31F3N4O3/c1-16-9-18(11-20(10-16)26(27,28)29)24(35)31-13-23(34)32-21-14-33(15-21)22-5-7-25(36,8-6-22)19-4-3-17(2)30-12-19/h3-4,9-12,21-22,36H,5-8,13-15H2,1-2H3,(H,31,35)(H,32,34)/t22-,25-. The smallest absolute Gasteiger partial charge is 0.385 e. The van der Waals surface area contributed by atoms with Crippen molar-refractivity contribution < 1.29 is 27.9 Å². The number of alkyl halides is 3. The first-order valence-corrected chi connectivity index (χ1v) is 12.1. The van der Waals surface area contributed by atoms with Crippen LogP contribution in [0, 0.1) is 13.8 Å². The van der Waals surface area contributed by atoms with E-state index in [1.807, 2.05) is 19.1 Å². The van der Waals surface area contributed by atoms with E-state index in [9.17, 15) is 27.9 Å². The lowest BCUT2D eigenvalue weighted by Gasteiger charge is -2.48. The Balaban J connectivity index is 1.19. The number of pyridine rings is 1. The van der Waals surface area contributed by atoms with Gasteiger partial charge in [0.05, 0.1) is 23.8 Å². The van der Waals surface area contributed by atoms with Crippen molar-refractivity contribution in [1.82, 2.24) is 20.5 Å². The zero-order chi connectivity index (χ0) is 26.1. The Hall–Kier alpha value is -2.98. The number of carbonyl (C=O) groups is 2. The Morgan fingerprint density at radius 2 is 1.83 bits per heavy atom. The van der Waals surface area contributed by atoms with Gasteiger partial charge in [0, 0.05) is 42.1 Å². The first kappa shape index (κ1) is 26.1. The minimum absolute atomic E-state index is 0.0488. The molecule has 2 fully saturated rings. The zero-order valence-electron chi connectivity index (χ0n) is 20.4. The molecule has 0 spiro atoms. The minimum atomic E-state index is -4.55. The van der Waals surface area contributed by atoms with Crippen LogP contribution in [0.4, 0.5) is 13.2 Å². The third kappa shape index (κ3) is 6.04. The lowest BCUT2D eigenvalue weighted by atomic mass is 9.77. The topological polar surface area (TPSA) is 94.6 Å². The average Bonchev–Trinajstić information content (AvgIpc) is 2.80. The molecular formula is C26H31F3N4O3. The van der Waals surface area contributed by atoms with Gasteiger partial charge < -0.3 is 15.7 Å². The van der Waals surface area contributed by atoms with Gasteiger partial charge >= 0.3 is 6.18 Å². The number of aromatic nitrogens is 1. The Morgan fingerprint density at radius 1 is 1.14 bits per heavy atom. The van der Waals surface area contributed by atoms with Crippen LogP contribution in [0.25, 0.3) is 0 Å². The van der Waals surface area contributed by atoms with Crippen molar-refractivity contribution in [3.8, 4) is 0 Å². The third-order valence-corrected chi connectivity index (χ3v) is 7.10. The molecule has 0 bridgehead atoms. The van der Waals surface area contributed by atoms with Crippen molar-refractivity contribution >= 4 is 11.8 Å². The number of benzene rings is 1. The van der Waals surface area contributed by atoms with Crippen molar-refractivity contribution in [1.29, 1.82) is 0 Å². The fraction of sp³-hybridized carbons (Fsp3) is 0.500. The summed E-state index contributed by atoms with van der Waals surface area (Å²) in [6.07, 6.45) is 0.185. The highest BCUT2D eigenvalue weighted by atomic mass is 19.4. The molecule has 0 radical (unpaired) electrons. The summed E-state index contributed by atoms with van der Waals surface area (Å²) in [5, 5.41) is 16.3. The molecule has 10 heteroatoms. The van der Waals surface area contributed by atoms with Gasteiger partial charge in [-0.1, -0.05) is 6.07 Å². The third-order valence-electron chi connectivity index (χ3n) is 7.10. The SMILES string of the molecule is Cc1cc(C(=O)NCC(=O)NC2CN([C@H]3CC[C@@](O)(c4ccc(C)nc4)CC3)C2)cc(C(F)(F)F)c1. The second kappa shape index (κ2) is 10.2. The maximum absolute atomic E-state index is 13.0. The average molecular weight is 505 g/mol. The van der Waals surface area contributed by atoms with Gasteiger partial charge in [-0.05, 0) is 69.4 Å². The van der Waals surface area contributed by atoms with Gasteiger partial charge in [0.1, 0.15) is 0 Å². The van der Waals surface area contributed by atoms with E-state index < -0.39 is 23.2 Å². The number of hydrogen-bond donors (Lipinski definition) is 3. The molecule has 1 aromatic heterocycles. The number of hydrogen-bond acceptors (Lipinski definition) is 5. The highest BCUT2D eigenvalue weighted by Crippen LogP contribution is 2.39. The van der Waals surface area contributed by atoms with E-state index in [0.29, 0.717) is 37.5 Å². The Kier molecular flexibility index (Phi) is 7.38. The fourth-order valence-electron chi connectivity index (χ4n) is 5.00. The quantitative estimate of drug-likeness (QED) is 0.562. The molecule has 1 saturated heterocycles. The number of halogens is 3. The van der Waals surface area contributed by atoms with E-state index in [-0.39, 0.29) is 24.1 Å². The molecule has 2 aromatic rings. The number of nitrogens with zero attached hydrogens (tertiary/aromatic N) is 2. The van der Waals surface area contributed by atoms with Crippen LogP contribution in [-0.2, 0) is 16.6 Å². The van der Waals surface area contributed by atoms with E-state index >= 15 is 0 Å². The van der Waals surface area contributed by atoms with Crippen molar-refractivity contribution in [2.24, 2.45) is 0 Å². The molecule has 1 aliphatic heterocycles. The number of nitrogens with one attached hydrogen (secondary N) is 2. The van der Waals surface area contributed by atoms with Crippen LogP contribution in [0.15, 0.2) is 36.5 Å². The molecule has 1 aliphatic carbocycles. The number of amides is 2. The first-order valence-electron chi connectivity index (χ1n) is 12.1. The van der Waals surface area contributed by atoms with Gasteiger partial charge in [-0.3, -0.25) is 19.5 Å². The summed E-state index contributed by atoms with van der Waals surface area (Å²) in [5.74, 6) is -1.12. The molecule has 4 rings (SSSR count). The van der Waals surface area contributed by atoms with Gasteiger partial charge in [-0.15, -0.1) is 0 Å². The number of rotatable bonds is 6. The molecule has 36 heavy (non-hydrogen) atoms. The monoisotopic (exact) mass is 504 g/mol. The van der Waals surface area contributed by atoms with E-state index in [2.05, 4.69) is 20.5 Å². The highest BCUT2D eigenvalue weighted by molar-refractivity contribution is 5.96. The summed E-state index contributed by atoms with van der Waals surface area (Å²) in [5.41, 5.74) is 0.182. The van der Waals surface area contributed by atoms with Crippen LogP contribution in [0.5, 0.6) is 0 Å². The van der Waals surface area contributed by atoms with Gasteiger partial charge in [-0.2, -0.15) is 13.2 Å². The van der Waals surface area contributed by atoms with Crippen molar-refractivity contribution in [2.75, 3.05) is 19.6 Å². The summed E-state index contributed by atoms with van der Waals surface area (Å²) in [7, 11) is 0. The van der Waals surface area contributed by atoms with Crippen molar-refractivity contribution in [3.63, 3.8) is 0 Å². The van der Waals surface area contributed by atoms with Gasteiger partial charge in [-0.25, -0.2) is 0 Å². The molecule has 2 heterocycles. The largest absolute Gasteiger partial charge is 0.416 e. The van der Waals surface area contributed by atoms with Crippen LogP contribution in [0.1, 0.15) is 58.4 Å². The second-order valence-corrected chi connectivity index (χ2v) is 9.94. The number of aryl methyl sites for hydroxylation is 2. The molecule has 1 aromatic carbocycles. The van der Waals surface area contributed by atoms with Crippen LogP contribution in [-0.4, -0.2) is 58.5 Å². The summed E-state index contributed by atoms with van der Waals surface area (Å²) in [4.78, 5) is 31.1. The maximum atomic E-state index is 13.0. The lowest BCUT2D eigenvalue weighted by molar-refractivity contribution is -0.137. The Bertz CT molecular complexity index is 1110. The Morgan fingerprint density at radius 3 is 2.44 bits per heavy atom. The van der Waals surface area contributed by atoms with Crippen molar-refractivity contribution in [3.05, 3.63) is 64.5 Å². The zero-order valence-corrected chi connectivity index (χ0v) is 20.4. The van der Waals surface area contributed by atoms with E-state index in [1.54, 1.807) is 6.20 Å². The molecule has 7 nitrogen and oxygen atoms in total. The number of likely N-dealkylation sites (tertiary alicyclic amines) is 1. The molecule has 0 atom stereocenters. The Labute approximate surface area is 208 Å². The van der Waals surface area contributed by atoms with Gasteiger partial charge in [0.15, 0.2) is 0 Å². The molecule has 194 valence electrons. The summed E-state index contributed by atoms with van der Waals surface area (Å²) >= 11 is 0.